The van der Waals surface area contributed by atoms with E-state index in [1.165, 1.54) is 12.1 Å². The minimum Gasteiger partial charge on any atom is -0.490 e. The zero-order chi connectivity index (χ0) is 20.4. The largest absolute Gasteiger partial charge is 0.490 e. The van der Waals surface area contributed by atoms with Crippen LogP contribution in [0.1, 0.15) is 44.2 Å². The number of allylic oxidation sites excluding steroid dienone is 1. The molecule has 0 amide bonds. The third-order valence-corrected chi connectivity index (χ3v) is 4.09. The molecule has 146 valence electrons. The highest BCUT2D eigenvalue weighted by Crippen LogP contribution is 2.30. The highest BCUT2D eigenvalue weighted by Gasteiger charge is 2.09. The summed E-state index contributed by atoms with van der Waals surface area (Å²) in [4.78, 5) is 10.3. The van der Waals surface area contributed by atoms with Gasteiger partial charge in [-0.05, 0) is 54.8 Å². The molecule has 0 fully saturated rings. The van der Waals surface area contributed by atoms with Gasteiger partial charge in [0.1, 0.15) is 0 Å². The zero-order valence-corrected chi connectivity index (χ0v) is 16.2. The highest BCUT2D eigenvalue weighted by atomic mass is 16.6. The highest BCUT2D eigenvalue weighted by molar-refractivity contribution is 5.90. The molecule has 0 saturated heterocycles. The standard InChI is InChI=1S/C22H24N2O4/c1-3-5-6-13-28-21-12-7-17(15-22(21)27-4-2)14-19(16-23)18-8-10-20(11-9-18)24(25)26/h7-12,14-15H,3-6,13H2,1-2H3. The third-order valence-electron chi connectivity index (χ3n) is 4.09. The van der Waals surface area contributed by atoms with Crippen molar-refractivity contribution in [2.24, 2.45) is 0 Å². The summed E-state index contributed by atoms with van der Waals surface area (Å²) in [6.07, 6.45) is 4.96. The molecule has 2 aromatic carbocycles. The molecule has 0 N–H and O–H groups in total. The molecule has 0 spiro atoms. The van der Waals surface area contributed by atoms with Crippen LogP contribution in [0.25, 0.3) is 11.6 Å². The van der Waals surface area contributed by atoms with E-state index in [1.807, 2.05) is 25.1 Å². The van der Waals surface area contributed by atoms with E-state index in [1.54, 1.807) is 18.2 Å². The lowest BCUT2D eigenvalue weighted by Gasteiger charge is -2.12. The first-order chi connectivity index (χ1) is 13.6. The number of hydrogen-bond acceptors (Lipinski definition) is 5. The van der Waals surface area contributed by atoms with Gasteiger partial charge in [-0.15, -0.1) is 0 Å². The molecule has 0 radical (unpaired) electrons. The summed E-state index contributed by atoms with van der Waals surface area (Å²) >= 11 is 0. The van der Waals surface area contributed by atoms with Crippen LogP contribution in [0.15, 0.2) is 42.5 Å². The number of non-ortho nitro benzene ring substituents is 1. The van der Waals surface area contributed by atoms with Crippen molar-refractivity contribution in [2.75, 3.05) is 13.2 Å². The Morgan fingerprint density at radius 2 is 1.86 bits per heavy atom. The number of benzene rings is 2. The average Bonchev–Trinajstić information content (AvgIpc) is 2.71. The van der Waals surface area contributed by atoms with Gasteiger partial charge in [-0.2, -0.15) is 5.26 Å². The maximum atomic E-state index is 10.8. The molecule has 0 bridgehead atoms. The Kier molecular flexibility index (Phi) is 8.04. The molecule has 0 atom stereocenters. The lowest BCUT2D eigenvalue weighted by Crippen LogP contribution is -2.01. The molecule has 0 unspecified atom stereocenters. The number of hydrogen-bond donors (Lipinski definition) is 0. The second kappa shape index (κ2) is 10.7. The Morgan fingerprint density at radius 3 is 2.46 bits per heavy atom. The number of ether oxygens (including phenoxy) is 2. The second-order valence-corrected chi connectivity index (χ2v) is 6.17. The summed E-state index contributed by atoms with van der Waals surface area (Å²) in [6, 6.07) is 13.6. The van der Waals surface area contributed by atoms with Crippen molar-refractivity contribution < 1.29 is 14.4 Å². The zero-order valence-electron chi connectivity index (χ0n) is 16.2. The van der Waals surface area contributed by atoms with Crippen molar-refractivity contribution >= 4 is 17.3 Å². The first-order valence-corrected chi connectivity index (χ1v) is 9.35. The van der Waals surface area contributed by atoms with Gasteiger partial charge in [-0.25, -0.2) is 0 Å². The van der Waals surface area contributed by atoms with Crippen LogP contribution in [0, 0.1) is 21.4 Å². The van der Waals surface area contributed by atoms with Crippen LogP contribution in [0.3, 0.4) is 0 Å². The topological polar surface area (TPSA) is 85.4 Å². The van der Waals surface area contributed by atoms with Gasteiger partial charge in [0.25, 0.3) is 5.69 Å². The van der Waals surface area contributed by atoms with Gasteiger partial charge in [-0.1, -0.05) is 25.8 Å². The van der Waals surface area contributed by atoms with E-state index in [-0.39, 0.29) is 5.69 Å². The van der Waals surface area contributed by atoms with Crippen molar-refractivity contribution in [2.45, 2.75) is 33.1 Å². The van der Waals surface area contributed by atoms with Gasteiger partial charge in [0.15, 0.2) is 11.5 Å². The molecule has 2 aromatic rings. The number of nitrogens with zero attached hydrogens (tertiary/aromatic N) is 2. The van der Waals surface area contributed by atoms with Crippen molar-refractivity contribution in [3.63, 3.8) is 0 Å². The van der Waals surface area contributed by atoms with E-state index < -0.39 is 4.92 Å². The van der Waals surface area contributed by atoms with Crippen LogP contribution >= 0.6 is 0 Å². The fraction of sp³-hybridized carbons (Fsp3) is 0.318. The number of unbranched alkanes of at least 4 members (excludes halogenated alkanes) is 2. The number of nitro groups is 1. The van der Waals surface area contributed by atoms with Crippen molar-refractivity contribution in [3.8, 4) is 17.6 Å². The first kappa shape index (κ1) is 21.0. The number of nitro benzene ring substituents is 1. The van der Waals surface area contributed by atoms with E-state index in [0.717, 1.165) is 24.8 Å². The molecule has 0 saturated carbocycles. The summed E-state index contributed by atoms with van der Waals surface area (Å²) in [7, 11) is 0. The lowest BCUT2D eigenvalue weighted by molar-refractivity contribution is -0.384. The van der Waals surface area contributed by atoms with E-state index in [4.69, 9.17) is 9.47 Å². The van der Waals surface area contributed by atoms with Gasteiger partial charge in [0.05, 0.1) is 29.8 Å². The minimum absolute atomic E-state index is 0.00996. The number of rotatable bonds is 10. The van der Waals surface area contributed by atoms with Crippen LogP contribution < -0.4 is 9.47 Å². The normalized spacial score (nSPS) is 11.0. The lowest BCUT2D eigenvalue weighted by atomic mass is 10.0. The molecule has 0 aliphatic carbocycles. The SMILES string of the molecule is CCCCCOc1ccc(C=C(C#N)c2ccc([N+](=O)[O-])cc2)cc1OCC. The molecule has 0 aliphatic rings. The minimum atomic E-state index is -0.465. The molecule has 6 heteroatoms. The van der Waals surface area contributed by atoms with Crippen molar-refractivity contribution in [1.29, 1.82) is 5.26 Å². The molecule has 0 heterocycles. The first-order valence-electron chi connectivity index (χ1n) is 9.35. The molecule has 6 nitrogen and oxygen atoms in total. The quantitative estimate of drug-likeness (QED) is 0.175. The third kappa shape index (κ3) is 5.85. The van der Waals surface area contributed by atoms with Gasteiger partial charge in [0.2, 0.25) is 0 Å². The summed E-state index contributed by atoms with van der Waals surface area (Å²) in [5, 5.41) is 20.3. The molecular weight excluding hydrogens is 356 g/mol. The maximum absolute atomic E-state index is 10.8. The van der Waals surface area contributed by atoms with Gasteiger partial charge in [-0.3, -0.25) is 10.1 Å². The van der Waals surface area contributed by atoms with Gasteiger partial charge < -0.3 is 9.47 Å². The Morgan fingerprint density at radius 1 is 1.11 bits per heavy atom. The summed E-state index contributed by atoms with van der Waals surface area (Å²) in [5.41, 5.74) is 1.81. The summed E-state index contributed by atoms with van der Waals surface area (Å²) in [5.74, 6) is 1.32. The Balaban J connectivity index is 2.25. The van der Waals surface area contributed by atoms with Crippen LogP contribution in [-0.2, 0) is 0 Å². The number of nitriles is 1. The maximum Gasteiger partial charge on any atom is 0.269 e. The van der Waals surface area contributed by atoms with E-state index in [9.17, 15) is 15.4 Å². The van der Waals surface area contributed by atoms with Crippen molar-refractivity contribution in [1.82, 2.24) is 0 Å². The predicted molar refractivity (Wildman–Crippen MR) is 109 cm³/mol. The Hall–Kier alpha value is -3.33. The average molecular weight is 380 g/mol. The molecule has 0 aromatic heterocycles. The molecule has 0 aliphatic heterocycles. The van der Waals surface area contributed by atoms with E-state index >= 15 is 0 Å². The van der Waals surface area contributed by atoms with Gasteiger partial charge in [0, 0.05) is 12.1 Å². The Labute approximate surface area is 165 Å². The predicted octanol–water partition coefficient (Wildman–Crippen LogP) is 5.63. The molecular formula is C22H24N2O4. The fourth-order valence-corrected chi connectivity index (χ4v) is 2.65. The fourth-order valence-electron chi connectivity index (χ4n) is 2.65. The van der Waals surface area contributed by atoms with Crippen LogP contribution in [0.4, 0.5) is 5.69 Å². The monoisotopic (exact) mass is 380 g/mol. The van der Waals surface area contributed by atoms with Crippen LogP contribution in [-0.4, -0.2) is 18.1 Å². The summed E-state index contributed by atoms with van der Waals surface area (Å²) in [6.45, 7) is 5.19. The molecule has 2 rings (SSSR count). The second-order valence-electron chi connectivity index (χ2n) is 6.17. The summed E-state index contributed by atoms with van der Waals surface area (Å²) < 4.78 is 11.5. The van der Waals surface area contributed by atoms with E-state index in [0.29, 0.717) is 35.8 Å². The Bertz CT molecular complexity index is 867. The molecule has 28 heavy (non-hydrogen) atoms. The van der Waals surface area contributed by atoms with Crippen LogP contribution in [0.5, 0.6) is 11.5 Å². The van der Waals surface area contributed by atoms with Crippen LogP contribution in [0.2, 0.25) is 0 Å². The van der Waals surface area contributed by atoms with E-state index in [2.05, 4.69) is 13.0 Å². The van der Waals surface area contributed by atoms with Gasteiger partial charge >= 0.3 is 0 Å². The smallest absolute Gasteiger partial charge is 0.269 e. The van der Waals surface area contributed by atoms with Crippen molar-refractivity contribution in [3.05, 3.63) is 63.7 Å².